The van der Waals surface area contributed by atoms with Gasteiger partial charge in [-0.1, -0.05) is 12.1 Å². The Morgan fingerprint density at radius 2 is 2.06 bits per heavy atom. The number of fused-ring (bicyclic) bond motifs is 1. The van der Waals surface area contributed by atoms with Gasteiger partial charge in [0.15, 0.2) is 0 Å². The number of likely N-dealkylation sites (N-methyl/N-ethyl adjacent to an activating group) is 1. The van der Waals surface area contributed by atoms with Crippen LogP contribution in [-0.4, -0.2) is 52.5 Å². The van der Waals surface area contributed by atoms with Crippen molar-refractivity contribution < 1.29 is 28.6 Å². The van der Waals surface area contributed by atoms with Gasteiger partial charge >= 0.3 is 12.0 Å². The summed E-state index contributed by atoms with van der Waals surface area (Å²) in [5.74, 6) is -1.61. The molecule has 0 fully saturated rings. The number of aromatic carboxylic acids is 1. The Bertz CT molecular complexity index is 1210. The zero-order valence-electron chi connectivity index (χ0n) is 17.0. The first kappa shape index (κ1) is 21.0. The number of hydrogen-bond donors (Lipinski definition) is 2. The number of amides is 2. The van der Waals surface area contributed by atoms with Gasteiger partial charge in [-0.2, -0.15) is 9.78 Å². The van der Waals surface area contributed by atoms with Gasteiger partial charge in [-0.05, 0) is 41.5 Å². The summed E-state index contributed by atoms with van der Waals surface area (Å²) in [6.45, 7) is -0.133. The van der Waals surface area contributed by atoms with Crippen molar-refractivity contribution >= 4 is 23.6 Å². The molecule has 4 rings (SSSR count). The lowest BCUT2D eigenvalue weighted by Crippen LogP contribution is -2.50. The Labute approximate surface area is 182 Å². The number of nitrogens with zero attached hydrogens (tertiary/aromatic N) is 3. The lowest BCUT2D eigenvalue weighted by molar-refractivity contribution is -0.120. The minimum Gasteiger partial charge on any atom is -0.489 e. The standard InChI is InChI=1S/C22H19FN4O5/c1-26-18-9-15(21(29)30)5-6-19(18)32-12-17(20(26)28)25-22(31)27-11-14(10-24-27)7-13-3-2-4-16(23)8-13/h2-6,8-11,17H,7,12H2,1H3,(H,25,31)(H,29,30)/t17-/m0/s1. The molecule has 2 amide bonds. The molecular weight excluding hydrogens is 419 g/mol. The minimum atomic E-state index is -1.13. The topological polar surface area (TPSA) is 114 Å². The molecule has 0 radical (unpaired) electrons. The maximum atomic E-state index is 13.4. The second-order valence-electron chi connectivity index (χ2n) is 7.30. The summed E-state index contributed by atoms with van der Waals surface area (Å²) in [6.07, 6.45) is 3.38. The maximum absolute atomic E-state index is 13.4. The molecule has 2 N–H and O–H groups in total. The number of carboxylic acids is 1. The van der Waals surface area contributed by atoms with Crippen LogP contribution in [0.25, 0.3) is 0 Å². The molecule has 10 heteroatoms. The van der Waals surface area contributed by atoms with Gasteiger partial charge in [0.1, 0.15) is 24.2 Å². The van der Waals surface area contributed by atoms with Gasteiger partial charge in [-0.15, -0.1) is 0 Å². The van der Waals surface area contributed by atoms with Crippen LogP contribution in [0, 0.1) is 5.82 Å². The van der Waals surface area contributed by atoms with E-state index < -0.39 is 23.9 Å². The number of anilines is 1. The van der Waals surface area contributed by atoms with E-state index in [1.165, 1.54) is 54.7 Å². The van der Waals surface area contributed by atoms with Crippen molar-refractivity contribution in [2.24, 2.45) is 0 Å². The SMILES string of the molecule is CN1C(=O)[C@@H](NC(=O)n2cc(Cc3cccc(F)c3)cn2)COc2ccc(C(=O)O)cc21. The van der Waals surface area contributed by atoms with Gasteiger partial charge in [-0.25, -0.2) is 14.0 Å². The Hall–Kier alpha value is -4.21. The van der Waals surface area contributed by atoms with E-state index in [1.54, 1.807) is 12.1 Å². The van der Waals surface area contributed by atoms with Gasteiger partial charge < -0.3 is 20.1 Å². The number of hydrogen-bond acceptors (Lipinski definition) is 5. The summed E-state index contributed by atoms with van der Waals surface area (Å²) >= 11 is 0. The third kappa shape index (κ3) is 4.29. The highest BCUT2D eigenvalue weighted by atomic mass is 19.1. The number of halogens is 1. The first-order valence-electron chi connectivity index (χ1n) is 9.68. The van der Waals surface area contributed by atoms with Crippen molar-refractivity contribution in [3.8, 4) is 5.75 Å². The summed E-state index contributed by atoms with van der Waals surface area (Å²) in [5.41, 5.74) is 1.73. The molecule has 0 saturated heterocycles. The van der Waals surface area contributed by atoms with E-state index in [4.69, 9.17) is 4.74 Å². The zero-order valence-corrected chi connectivity index (χ0v) is 17.0. The first-order valence-corrected chi connectivity index (χ1v) is 9.68. The van der Waals surface area contributed by atoms with Crippen LogP contribution in [-0.2, 0) is 11.2 Å². The molecule has 0 saturated carbocycles. The van der Waals surface area contributed by atoms with E-state index in [-0.39, 0.29) is 18.0 Å². The lowest BCUT2D eigenvalue weighted by atomic mass is 10.1. The third-order valence-electron chi connectivity index (χ3n) is 5.04. The molecule has 3 aromatic rings. The second kappa shape index (κ2) is 8.50. The second-order valence-corrected chi connectivity index (χ2v) is 7.30. The fraction of sp³-hybridized carbons (Fsp3) is 0.182. The van der Waals surface area contributed by atoms with Gasteiger partial charge in [0, 0.05) is 19.7 Å². The highest BCUT2D eigenvalue weighted by Gasteiger charge is 2.31. The smallest absolute Gasteiger partial charge is 0.342 e. The molecule has 32 heavy (non-hydrogen) atoms. The number of carbonyl (C=O) groups is 3. The molecule has 0 bridgehead atoms. The fourth-order valence-electron chi connectivity index (χ4n) is 3.40. The number of carbonyl (C=O) groups excluding carboxylic acids is 2. The van der Waals surface area contributed by atoms with Crippen LogP contribution < -0.4 is 15.0 Å². The molecule has 9 nitrogen and oxygen atoms in total. The van der Waals surface area contributed by atoms with E-state index in [0.717, 1.165) is 10.2 Å². The average Bonchev–Trinajstić information content (AvgIpc) is 3.19. The highest BCUT2D eigenvalue weighted by Crippen LogP contribution is 2.31. The maximum Gasteiger partial charge on any atom is 0.342 e. The van der Waals surface area contributed by atoms with E-state index in [1.807, 2.05) is 0 Å². The minimum absolute atomic E-state index is 0.0110. The van der Waals surface area contributed by atoms with E-state index in [2.05, 4.69) is 10.4 Å². The first-order chi connectivity index (χ1) is 15.3. The Kier molecular flexibility index (Phi) is 5.59. The molecule has 1 aromatic heterocycles. The normalized spacial score (nSPS) is 15.5. The van der Waals surface area contributed by atoms with Crippen LogP contribution in [0.15, 0.2) is 54.9 Å². The summed E-state index contributed by atoms with van der Waals surface area (Å²) in [7, 11) is 1.48. The van der Waals surface area contributed by atoms with Crippen molar-refractivity contribution in [1.82, 2.24) is 15.1 Å². The van der Waals surface area contributed by atoms with E-state index in [9.17, 15) is 23.9 Å². The summed E-state index contributed by atoms with van der Waals surface area (Å²) in [4.78, 5) is 38.0. The molecule has 2 heterocycles. The number of benzene rings is 2. The lowest BCUT2D eigenvalue weighted by Gasteiger charge is -2.20. The summed E-state index contributed by atoms with van der Waals surface area (Å²) in [5, 5.41) is 15.8. The average molecular weight is 438 g/mol. The van der Waals surface area contributed by atoms with E-state index >= 15 is 0 Å². The van der Waals surface area contributed by atoms with Crippen molar-refractivity contribution in [2.75, 3.05) is 18.6 Å². The van der Waals surface area contributed by atoms with Crippen LogP contribution in [0.3, 0.4) is 0 Å². The largest absolute Gasteiger partial charge is 0.489 e. The van der Waals surface area contributed by atoms with Crippen molar-refractivity contribution in [3.63, 3.8) is 0 Å². The predicted molar refractivity (Wildman–Crippen MR) is 111 cm³/mol. The third-order valence-corrected chi connectivity index (χ3v) is 5.04. The fourth-order valence-corrected chi connectivity index (χ4v) is 3.40. The van der Waals surface area contributed by atoms with Gasteiger partial charge in [0.05, 0.1) is 17.4 Å². The van der Waals surface area contributed by atoms with Crippen LogP contribution in [0.5, 0.6) is 5.75 Å². The number of nitrogens with one attached hydrogen (secondary N) is 1. The zero-order chi connectivity index (χ0) is 22.8. The Morgan fingerprint density at radius 3 is 2.81 bits per heavy atom. The Morgan fingerprint density at radius 1 is 1.25 bits per heavy atom. The molecule has 1 atom stereocenters. The molecule has 0 unspecified atom stereocenters. The number of carboxylic acid groups (broad SMARTS) is 1. The van der Waals surface area contributed by atoms with Gasteiger partial charge in [0.25, 0.3) is 5.91 Å². The monoisotopic (exact) mass is 438 g/mol. The van der Waals surface area contributed by atoms with Crippen molar-refractivity contribution in [2.45, 2.75) is 12.5 Å². The summed E-state index contributed by atoms with van der Waals surface area (Å²) < 4.78 is 20.1. The van der Waals surface area contributed by atoms with Crippen LogP contribution in [0.4, 0.5) is 14.9 Å². The molecule has 164 valence electrons. The number of ether oxygens (including phenoxy) is 1. The van der Waals surface area contributed by atoms with Gasteiger partial charge in [0.2, 0.25) is 0 Å². The Balaban J connectivity index is 1.46. The van der Waals surface area contributed by atoms with Crippen molar-refractivity contribution in [1.29, 1.82) is 0 Å². The molecule has 0 spiro atoms. The van der Waals surface area contributed by atoms with Crippen LogP contribution in [0.2, 0.25) is 0 Å². The van der Waals surface area contributed by atoms with Crippen LogP contribution >= 0.6 is 0 Å². The molecule has 2 aromatic carbocycles. The molecule has 1 aliphatic heterocycles. The number of aromatic nitrogens is 2. The summed E-state index contributed by atoms with van der Waals surface area (Å²) in [6, 6.07) is 8.67. The quantitative estimate of drug-likeness (QED) is 0.646. The molecule has 0 aliphatic carbocycles. The molecular formula is C22H19FN4O5. The highest BCUT2D eigenvalue weighted by molar-refractivity contribution is 6.01. The van der Waals surface area contributed by atoms with Crippen molar-refractivity contribution in [3.05, 3.63) is 77.4 Å². The van der Waals surface area contributed by atoms with Gasteiger partial charge in [-0.3, -0.25) is 4.79 Å². The predicted octanol–water partition coefficient (Wildman–Crippen LogP) is 2.29. The van der Waals surface area contributed by atoms with E-state index in [0.29, 0.717) is 23.4 Å². The number of rotatable bonds is 4. The molecule has 1 aliphatic rings. The van der Waals surface area contributed by atoms with Crippen LogP contribution in [0.1, 0.15) is 21.5 Å².